The topological polar surface area (TPSA) is 75.3 Å². The van der Waals surface area contributed by atoms with E-state index in [0.717, 1.165) is 11.4 Å². The van der Waals surface area contributed by atoms with Gasteiger partial charge in [-0.3, -0.25) is 14.2 Å². The molecule has 33 heavy (non-hydrogen) atoms. The molecule has 9 heteroatoms. The molecule has 1 atom stereocenters. The van der Waals surface area contributed by atoms with Gasteiger partial charge in [0.05, 0.1) is 29.3 Å². The number of halogens is 1. The number of fused-ring (bicyclic) bond motifs is 1. The number of hydrogen-bond donors (Lipinski definition) is 0. The van der Waals surface area contributed by atoms with Gasteiger partial charge in [-0.05, 0) is 51.5 Å². The fraction of sp³-hybridized carbons (Fsp3) is 0.458. The summed E-state index contributed by atoms with van der Waals surface area (Å²) in [7, 11) is 3.30. The Balaban J connectivity index is 1.90. The van der Waals surface area contributed by atoms with E-state index in [1.54, 1.807) is 37.0 Å². The Hall–Kier alpha value is -2.13. The van der Waals surface area contributed by atoms with Crippen LogP contribution in [-0.2, 0) is 16.0 Å². The number of aryl methyl sites for hydroxylation is 1. The Morgan fingerprint density at radius 3 is 2.67 bits per heavy atom. The monoisotopic (exact) mass is 491 g/mol. The number of carbonyl (C=O) groups excluding carboxylic acids is 1. The van der Waals surface area contributed by atoms with Crippen LogP contribution in [-0.4, -0.2) is 53.1 Å². The second kappa shape index (κ2) is 11.3. The molecule has 178 valence electrons. The van der Waals surface area contributed by atoms with E-state index in [1.165, 1.54) is 11.8 Å². The highest BCUT2D eigenvalue weighted by Gasteiger charge is 2.20. The van der Waals surface area contributed by atoms with E-state index in [1.807, 2.05) is 19.9 Å². The summed E-state index contributed by atoms with van der Waals surface area (Å²) in [5, 5.41) is 1.51. The number of ketones is 1. The van der Waals surface area contributed by atoms with Crippen molar-refractivity contribution in [3.05, 3.63) is 56.6 Å². The lowest BCUT2D eigenvalue weighted by molar-refractivity contribution is 0.102. The molecule has 1 unspecified atom stereocenters. The minimum atomic E-state index is -0.144. The second-order valence-corrected chi connectivity index (χ2v) is 9.41. The van der Waals surface area contributed by atoms with Gasteiger partial charge in [0, 0.05) is 49.3 Å². The Morgan fingerprint density at radius 2 is 1.97 bits per heavy atom. The predicted octanol–water partition coefficient (Wildman–Crippen LogP) is 4.69. The summed E-state index contributed by atoms with van der Waals surface area (Å²) in [5.74, 6) is 0.166. The summed E-state index contributed by atoms with van der Waals surface area (Å²) in [5.41, 5.74) is 2.99. The zero-order chi connectivity index (χ0) is 24.1. The molecule has 0 spiro atoms. The average Bonchev–Trinajstić information content (AvgIpc) is 3.07. The Labute approximate surface area is 203 Å². The lowest BCUT2D eigenvalue weighted by Crippen LogP contribution is -2.24. The standard InChI is InChI=1S/C24H30ClN3O4S/c1-15-11-20(17(3)28(15)16(2)13-32-5)22(29)14-33-24-26-21-12-18(25)7-8-19(21)23(30)27(24)9-6-10-31-4/h7-8,11-12,16H,6,9-10,13-14H2,1-5H3. The van der Waals surface area contributed by atoms with E-state index in [4.69, 9.17) is 21.1 Å². The zero-order valence-corrected chi connectivity index (χ0v) is 21.3. The molecule has 7 nitrogen and oxygen atoms in total. The van der Waals surface area contributed by atoms with Crippen LogP contribution in [0, 0.1) is 13.8 Å². The first-order chi connectivity index (χ1) is 15.8. The fourth-order valence-electron chi connectivity index (χ4n) is 4.11. The molecular formula is C24H30ClN3O4S. The first-order valence-corrected chi connectivity index (χ1v) is 12.2. The molecular weight excluding hydrogens is 462 g/mol. The number of hydrogen-bond acceptors (Lipinski definition) is 6. The maximum Gasteiger partial charge on any atom is 0.262 e. The highest BCUT2D eigenvalue weighted by molar-refractivity contribution is 7.99. The Morgan fingerprint density at radius 1 is 1.21 bits per heavy atom. The first-order valence-electron chi connectivity index (χ1n) is 10.8. The van der Waals surface area contributed by atoms with Gasteiger partial charge in [0.15, 0.2) is 10.9 Å². The van der Waals surface area contributed by atoms with Crippen molar-refractivity contribution in [1.82, 2.24) is 14.1 Å². The van der Waals surface area contributed by atoms with Crippen LogP contribution in [0.1, 0.15) is 41.1 Å². The van der Waals surface area contributed by atoms with E-state index < -0.39 is 0 Å². The highest BCUT2D eigenvalue weighted by atomic mass is 35.5. The number of benzene rings is 1. The summed E-state index contributed by atoms with van der Waals surface area (Å²) in [6, 6.07) is 7.10. The summed E-state index contributed by atoms with van der Waals surface area (Å²) < 4.78 is 14.2. The van der Waals surface area contributed by atoms with E-state index in [9.17, 15) is 9.59 Å². The third-order valence-corrected chi connectivity index (χ3v) is 6.79. The van der Waals surface area contributed by atoms with Gasteiger partial charge in [-0.25, -0.2) is 4.98 Å². The summed E-state index contributed by atoms with van der Waals surface area (Å²) >= 11 is 7.39. The number of methoxy groups -OCH3 is 2. The van der Waals surface area contributed by atoms with Gasteiger partial charge in [-0.2, -0.15) is 0 Å². The Kier molecular flexibility index (Phi) is 8.75. The van der Waals surface area contributed by atoms with E-state index in [2.05, 4.69) is 16.5 Å². The molecule has 0 amide bonds. The van der Waals surface area contributed by atoms with Crippen LogP contribution in [0.15, 0.2) is 34.2 Å². The van der Waals surface area contributed by atoms with Gasteiger partial charge in [-0.15, -0.1) is 0 Å². The van der Waals surface area contributed by atoms with Crippen LogP contribution >= 0.6 is 23.4 Å². The number of carbonyl (C=O) groups is 1. The minimum Gasteiger partial charge on any atom is -0.385 e. The van der Waals surface area contributed by atoms with Crippen molar-refractivity contribution in [1.29, 1.82) is 0 Å². The number of rotatable bonds is 11. The summed E-state index contributed by atoms with van der Waals surface area (Å²) in [6.07, 6.45) is 0.664. The molecule has 0 aliphatic rings. The van der Waals surface area contributed by atoms with Crippen LogP contribution in [0.5, 0.6) is 0 Å². The van der Waals surface area contributed by atoms with Crippen molar-refractivity contribution < 1.29 is 14.3 Å². The van der Waals surface area contributed by atoms with Crippen molar-refractivity contribution in [2.24, 2.45) is 0 Å². The molecule has 3 rings (SSSR count). The third-order valence-electron chi connectivity index (χ3n) is 5.58. The van der Waals surface area contributed by atoms with E-state index in [-0.39, 0.29) is 23.1 Å². The molecule has 0 N–H and O–H groups in total. The van der Waals surface area contributed by atoms with Crippen LogP contribution in [0.3, 0.4) is 0 Å². The van der Waals surface area contributed by atoms with Crippen LogP contribution in [0.4, 0.5) is 0 Å². The quantitative estimate of drug-likeness (QED) is 0.168. The number of aromatic nitrogens is 3. The third kappa shape index (κ3) is 5.69. The molecule has 2 heterocycles. The minimum absolute atomic E-state index is 0.00662. The van der Waals surface area contributed by atoms with Crippen molar-refractivity contribution >= 4 is 40.0 Å². The number of thioether (sulfide) groups is 1. The number of nitrogens with zero attached hydrogens (tertiary/aromatic N) is 3. The van der Waals surface area contributed by atoms with Gasteiger partial charge in [0.2, 0.25) is 0 Å². The van der Waals surface area contributed by atoms with Gasteiger partial charge >= 0.3 is 0 Å². The van der Waals surface area contributed by atoms with Crippen LogP contribution in [0.25, 0.3) is 10.9 Å². The van der Waals surface area contributed by atoms with Gasteiger partial charge in [-0.1, -0.05) is 23.4 Å². The van der Waals surface area contributed by atoms with Crippen molar-refractivity contribution in [3.8, 4) is 0 Å². The second-order valence-electron chi connectivity index (χ2n) is 8.03. The molecule has 2 aromatic heterocycles. The molecule has 0 saturated carbocycles. The lowest BCUT2D eigenvalue weighted by Gasteiger charge is -2.17. The molecule has 0 radical (unpaired) electrons. The molecule has 0 aliphatic heterocycles. The smallest absolute Gasteiger partial charge is 0.262 e. The maximum atomic E-state index is 13.1. The van der Waals surface area contributed by atoms with E-state index in [0.29, 0.717) is 52.8 Å². The lowest BCUT2D eigenvalue weighted by atomic mass is 10.2. The Bertz CT molecular complexity index is 1200. The van der Waals surface area contributed by atoms with Gasteiger partial charge in [0.25, 0.3) is 5.56 Å². The predicted molar refractivity (Wildman–Crippen MR) is 133 cm³/mol. The molecule has 0 aliphatic carbocycles. The number of ether oxygens (including phenoxy) is 2. The number of Topliss-reactive ketones (excluding diaryl/α,β-unsaturated/α-hetero) is 1. The van der Waals surface area contributed by atoms with Gasteiger partial charge in [0.1, 0.15) is 0 Å². The van der Waals surface area contributed by atoms with E-state index >= 15 is 0 Å². The zero-order valence-electron chi connectivity index (χ0n) is 19.7. The first kappa shape index (κ1) is 25.5. The van der Waals surface area contributed by atoms with Crippen molar-refractivity contribution in [3.63, 3.8) is 0 Å². The average molecular weight is 492 g/mol. The fourth-order valence-corrected chi connectivity index (χ4v) is 5.18. The summed E-state index contributed by atoms with van der Waals surface area (Å²) in [6.45, 7) is 7.56. The van der Waals surface area contributed by atoms with Crippen LogP contribution < -0.4 is 5.56 Å². The maximum absolute atomic E-state index is 13.1. The SMILES string of the molecule is COCCCn1c(SCC(=O)c2cc(C)n(C(C)COC)c2C)nc2cc(Cl)ccc2c1=O. The van der Waals surface area contributed by atoms with Crippen molar-refractivity contribution in [2.75, 3.05) is 33.2 Å². The molecule has 0 saturated heterocycles. The molecule has 0 fully saturated rings. The van der Waals surface area contributed by atoms with Gasteiger partial charge < -0.3 is 14.0 Å². The van der Waals surface area contributed by atoms with Crippen molar-refractivity contribution in [2.45, 2.75) is 44.9 Å². The molecule has 3 aromatic rings. The normalized spacial score (nSPS) is 12.4. The largest absolute Gasteiger partial charge is 0.385 e. The molecule has 0 bridgehead atoms. The van der Waals surface area contributed by atoms with Crippen LogP contribution in [0.2, 0.25) is 5.02 Å². The highest BCUT2D eigenvalue weighted by Crippen LogP contribution is 2.25. The molecule has 1 aromatic carbocycles. The summed E-state index contributed by atoms with van der Waals surface area (Å²) in [4.78, 5) is 30.9.